The third-order valence-corrected chi connectivity index (χ3v) is 3.71. The Kier molecular flexibility index (Phi) is 7.64. The lowest BCUT2D eigenvalue weighted by atomic mass is 10.0. The summed E-state index contributed by atoms with van der Waals surface area (Å²) < 4.78 is 32.7. The van der Waals surface area contributed by atoms with E-state index < -0.39 is 24.1 Å². The quantitative estimate of drug-likeness (QED) is 0.203. The molecule has 1 aromatic rings. The summed E-state index contributed by atoms with van der Waals surface area (Å²) in [5, 5.41) is 0. The number of esters is 1. The number of benzene rings is 1. The number of rotatable bonds is 8. The van der Waals surface area contributed by atoms with Crippen molar-refractivity contribution in [2.24, 2.45) is 0 Å². The third kappa shape index (κ3) is 5.82. The first-order chi connectivity index (χ1) is 10.4. The summed E-state index contributed by atoms with van der Waals surface area (Å²) in [4.78, 5) is 23.3. The Bertz CT molecular complexity index is 542. The van der Waals surface area contributed by atoms with E-state index in [2.05, 4.69) is 0 Å². The third-order valence-electron chi connectivity index (χ3n) is 2.83. The molecule has 0 bridgehead atoms. The molecule has 0 saturated carbocycles. The standard InChI is InChI=1S/C16H17F2IO3/c1-2-3-11-22-15(21)13(19)9-10-16(17,18)14(20)12-7-5-4-6-8-12/h4-9H,2-3,10-11H2,1H3. The number of allylic oxidation sites excluding steroid dienone is 1. The van der Waals surface area contributed by atoms with Gasteiger partial charge >= 0.3 is 11.9 Å². The number of unbranched alkanes of at least 4 members (excludes halogenated alkanes) is 1. The predicted molar refractivity (Wildman–Crippen MR) is 88.3 cm³/mol. The monoisotopic (exact) mass is 422 g/mol. The van der Waals surface area contributed by atoms with Crippen LogP contribution in [-0.4, -0.2) is 24.3 Å². The van der Waals surface area contributed by atoms with Gasteiger partial charge in [-0.05, 0) is 29.0 Å². The molecule has 1 rings (SSSR count). The van der Waals surface area contributed by atoms with Gasteiger partial charge in [0.05, 0.1) is 10.2 Å². The molecule has 0 heterocycles. The number of halogens is 3. The molecule has 0 aliphatic heterocycles. The van der Waals surface area contributed by atoms with Crippen molar-refractivity contribution in [3.63, 3.8) is 0 Å². The molecule has 6 heteroatoms. The molecule has 0 aromatic heterocycles. The van der Waals surface area contributed by atoms with Crippen LogP contribution in [0.15, 0.2) is 40.0 Å². The minimum Gasteiger partial charge on any atom is -0.462 e. The second-order valence-electron chi connectivity index (χ2n) is 4.65. The Hall–Kier alpha value is -1.31. The lowest BCUT2D eigenvalue weighted by Crippen LogP contribution is -2.28. The molecular formula is C16H17F2IO3. The minimum absolute atomic E-state index is 0.0502. The summed E-state index contributed by atoms with van der Waals surface area (Å²) in [5.74, 6) is -5.45. The van der Waals surface area contributed by atoms with Gasteiger partial charge in [0, 0.05) is 12.0 Å². The van der Waals surface area contributed by atoms with Gasteiger partial charge in [0.1, 0.15) is 0 Å². The van der Waals surface area contributed by atoms with Crippen molar-refractivity contribution in [1.29, 1.82) is 0 Å². The summed E-state index contributed by atoms with van der Waals surface area (Å²) in [6, 6.07) is 7.36. The Morgan fingerprint density at radius 1 is 1.27 bits per heavy atom. The van der Waals surface area contributed by atoms with Gasteiger partial charge in [0.25, 0.3) is 0 Å². The summed E-state index contributed by atoms with van der Waals surface area (Å²) in [7, 11) is 0. The van der Waals surface area contributed by atoms with Crippen molar-refractivity contribution in [3.05, 3.63) is 45.6 Å². The Morgan fingerprint density at radius 2 is 1.91 bits per heavy atom. The molecule has 3 nitrogen and oxygen atoms in total. The summed E-state index contributed by atoms with van der Waals surface area (Å²) in [6.45, 7) is 2.21. The first-order valence-corrected chi connectivity index (χ1v) is 7.97. The van der Waals surface area contributed by atoms with Gasteiger partial charge in [-0.15, -0.1) is 0 Å². The van der Waals surface area contributed by atoms with Crippen LogP contribution >= 0.6 is 22.6 Å². The van der Waals surface area contributed by atoms with Crippen LogP contribution in [0.3, 0.4) is 0 Å². The Balaban J connectivity index is 2.65. The largest absolute Gasteiger partial charge is 0.462 e. The van der Waals surface area contributed by atoms with Crippen LogP contribution in [0.25, 0.3) is 0 Å². The molecule has 0 radical (unpaired) electrons. The zero-order valence-corrected chi connectivity index (χ0v) is 14.3. The first-order valence-electron chi connectivity index (χ1n) is 6.89. The van der Waals surface area contributed by atoms with E-state index in [1.165, 1.54) is 24.3 Å². The van der Waals surface area contributed by atoms with E-state index in [1.807, 2.05) is 6.92 Å². The molecule has 0 fully saturated rings. The SMILES string of the molecule is CCCCOC(=O)C(I)=CCC(F)(F)C(=O)c1ccccc1. The zero-order valence-electron chi connectivity index (χ0n) is 12.2. The highest BCUT2D eigenvalue weighted by Crippen LogP contribution is 2.26. The molecule has 0 N–H and O–H groups in total. The summed E-state index contributed by atoms with van der Waals surface area (Å²) in [6.07, 6.45) is 1.80. The second-order valence-corrected chi connectivity index (χ2v) is 5.81. The highest BCUT2D eigenvalue weighted by molar-refractivity contribution is 14.1. The van der Waals surface area contributed by atoms with E-state index in [4.69, 9.17) is 4.74 Å². The first kappa shape index (κ1) is 18.7. The number of carbonyl (C=O) groups is 2. The van der Waals surface area contributed by atoms with E-state index in [0.717, 1.165) is 18.9 Å². The molecule has 0 unspecified atom stereocenters. The van der Waals surface area contributed by atoms with Crippen molar-refractivity contribution in [2.75, 3.05) is 6.61 Å². The maximum Gasteiger partial charge on any atom is 0.344 e. The highest BCUT2D eigenvalue weighted by atomic mass is 127. The van der Waals surface area contributed by atoms with Crippen molar-refractivity contribution in [3.8, 4) is 0 Å². The van der Waals surface area contributed by atoms with Crippen LogP contribution in [0.1, 0.15) is 36.5 Å². The zero-order chi connectivity index (χ0) is 16.6. The number of hydrogen-bond acceptors (Lipinski definition) is 3. The van der Waals surface area contributed by atoms with Crippen LogP contribution in [0.4, 0.5) is 8.78 Å². The van der Waals surface area contributed by atoms with Crippen molar-refractivity contribution in [2.45, 2.75) is 32.1 Å². The van der Waals surface area contributed by atoms with Gasteiger partial charge in [0.15, 0.2) is 0 Å². The van der Waals surface area contributed by atoms with Gasteiger partial charge in [-0.2, -0.15) is 8.78 Å². The topological polar surface area (TPSA) is 43.4 Å². The molecule has 0 saturated heterocycles. The van der Waals surface area contributed by atoms with Crippen LogP contribution < -0.4 is 0 Å². The van der Waals surface area contributed by atoms with E-state index in [9.17, 15) is 18.4 Å². The van der Waals surface area contributed by atoms with Crippen molar-refractivity contribution >= 4 is 34.3 Å². The van der Waals surface area contributed by atoms with Crippen molar-refractivity contribution in [1.82, 2.24) is 0 Å². The molecule has 0 amide bonds. The lowest BCUT2D eigenvalue weighted by molar-refractivity contribution is -0.138. The predicted octanol–water partition coefficient (Wildman–Crippen LogP) is 4.56. The van der Waals surface area contributed by atoms with Crippen LogP contribution in [0.5, 0.6) is 0 Å². The van der Waals surface area contributed by atoms with E-state index >= 15 is 0 Å². The highest BCUT2D eigenvalue weighted by Gasteiger charge is 2.38. The molecule has 1 aromatic carbocycles. The molecule has 0 aliphatic carbocycles. The molecule has 120 valence electrons. The normalized spacial score (nSPS) is 12.1. The van der Waals surface area contributed by atoms with E-state index in [-0.39, 0.29) is 15.8 Å². The van der Waals surface area contributed by atoms with Gasteiger partial charge in [0.2, 0.25) is 5.78 Å². The van der Waals surface area contributed by atoms with Gasteiger partial charge < -0.3 is 4.74 Å². The number of carbonyl (C=O) groups excluding carboxylic acids is 2. The van der Waals surface area contributed by atoms with Gasteiger partial charge in [-0.3, -0.25) is 4.79 Å². The lowest BCUT2D eigenvalue weighted by Gasteiger charge is -2.13. The smallest absolute Gasteiger partial charge is 0.344 e. The molecular weight excluding hydrogens is 405 g/mol. The van der Waals surface area contributed by atoms with Gasteiger partial charge in [-0.25, -0.2) is 4.79 Å². The maximum absolute atomic E-state index is 13.9. The Labute approximate surface area is 141 Å². The van der Waals surface area contributed by atoms with Crippen molar-refractivity contribution < 1.29 is 23.1 Å². The second kappa shape index (κ2) is 8.97. The molecule has 0 atom stereocenters. The fraction of sp³-hybridized carbons (Fsp3) is 0.375. The van der Waals surface area contributed by atoms with E-state index in [0.29, 0.717) is 0 Å². The number of Topliss-reactive ketones (excluding diaryl/α,β-unsaturated/α-hetero) is 1. The fourth-order valence-corrected chi connectivity index (χ4v) is 1.95. The van der Waals surface area contributed by atoms with Gasteiger partial charge in [-0.1, -0.05) is 49.8 Å². The van der Waals surface area contributed by atoms with E-state index in [1.54, 1.807) is 28.7 Å². The van der Waals surface area contributed by atoms with Crippen LogP contribution in [0, 0.1) is 0 Å². The molecule has 0 spiro atoms. The summed E-state index contributed by atoms with van der Waals surface area (Å²) >= 11 is 1.64. The maximum atomic E-state index is 13.9. The van der Waals surface area contributed by atoms with Crippen LogP contribution in [0.2, 0.25) is 0 Å². The number of alkyl halides is 2. The average Bonchev–Trinajstić information content (AvgIpc) is 2.52. The molecule has 0 aliphatic rings. The Morgan fingerprint density at radius 3 is 2.50 bits per heavy atom. The average molecular weight is 422 g/mol. The fourth-order valence-electron chi connectivity index (χ4n) is 1.57. The number of ketones is 1. The number of ether oxygens (including phenoxy) is 1. The number of hydrogen-bond donors (Lipinski definition) is 0. The summed E-state index contributed by atoms with van der Waals surface area (Å²) in [5.41, 5.74) is -0.0542. The van der Waals surface area contributed by atoms with Crippen LogP contribution in [-0.2, 0) is 9.53 Å². The minimum atomic E-state index is -3.55. The molecule has 22 heavy (non-hydrogen) atoms.